The molecule has 30 heavy (non-hydrogen) atoms. The zero-order chi connectivity index (χ0) is 22.5. The Morgan fingerprint density at radius 3 is 2.27 bits per heavy atom. The van der Waals surface area contributed by atoms with E-state index in [1.807, 2.05) is 0 Å². The van der Waals surface area contributed by atoms with Crippen LogP contribution < -0.4 is 19.1 Å². The number of amides is 1. The van der Waals surface area contributed by atoms with Gasteiger partial charge in [0.1, 0.15) is 23.4 Å². The van der Waals surface area contributed by atoms with E-state index in [2.05, 4.69) is 5.32 Å². The molecule has 2 aromatic carbocycles. The highest BCUT2D eigenvalue weighted by molar-refractivity contribution is 7.92. The van der Waals surface area contributed by atoms with Crippen LogP contribution in [0.4, 0.5) is 10.1 Å². The summed E-state index contributed by atoms with van der Waals surface area (Å²) >= 11 is 0. The minimum Gasteiger partial charge on any atom is -0.497 e. The summed E-state index contributed by atoms with van der Waals surface area (Å²) in [5.74, 6) is 0.186. The van der Waals surface area contributed by atoms with Crippen molar-refractivity contribution in [1.82, 2.24) is 5.32 Å². The molecule has 2 atom stereocenters. The van der Waals surface area contributed by atoms with E-state index in [1.165, 1.54) is 26.4 Å². The van der Waals surface area contributed by atoms with Gasteiger partial charge >= 0.3 is 0 Å². The van der Waals surface area contributed by atoms with Gasteiger partial charge < -0.3 is 14.8 Å². The van der Waals surface area contributed by atoms with Crippen molar-refractivity contribution in [2.24, 2.45) is 0 Å². The van der Waals surface area contributed by atoms with Crippen LogP contribution in [0, 0.1) is 5.82 Å². The third-order valence-electron chi connectivity index (χ3n) is 4.67. The fraction of sp³-hybridized carbons (Fsp3) is 0.381. The number of sulfonamides is 1. The van der Waals surface area contributed by atoms with Gasteiger partial charge in [-0.05, 0) is 55.8 Å². The van der Waals surface area contributed by atoms with Crippen LogP contribution in [0.15, 0.2) is 42.5 Å². The standard InChI is InChI=1S/C21H27FN2O5S/c1-6-19(24(30(5,26)27)16-9-7-15(22)8-10-16)21(25)23-14(2)18-13-17(28-3)11-12-20(18)29-4/h7-14,19H,6H2,1-5H3,(H,23,25)/t14-,19+/m1/s1. The number of carbonyl (C=O) groups excluding carboxylic acids is 1. The Morgan fingerprint density at radius 2 is 1.77 bits per heavy atom. The smallest absolute Gasteiger partial charge is 0.244 e. The number of hydrogen-bond donors (Lipinski definition) is 1. The molecule has 0 aliphatic rings. The van der Waals surface area contributed by atoms with Crippen LogP contribution in [0.25, 0.3) is 0 Å². The number of methoxy groups -OCH3 is 2. The van der Waals surface area contributed by atoms with E-state index in [0.29, 0.717) is 17.1 Å². The first-order valence-electron chi connectivity index (χ1n) is 9.39. The van der Waals surface area contributed by atoms with E-state index in [4.69, 9.17) is 9.47 Å². The Hall–Kier alpha value is -2.81. The Morgan fingerprint density at radius 1 is 1.13 bits per heavy atom. The zero-order valence-corrected chi connectivity index (χ0v) is 18.5. The van der Waals surface area contributed by atoms with Crippen molar-refractivity contribution in [2.45, 2.75) is 32.4 Å². The summed E-state index contributed by atoms with van der Waals surface area (Å²) in [5.41, 5.74) is 0.903. The molecule has 9 heteroatoms. The lowest BCUT2D eigenvalue weighted by Crippen LogP contribution is -2.49. The van der Waals surface area contributed by atoms with Crippen LogP contribution in [0.3, 0.4) is 0 Å². The van der Waals surface area contributed by atoms with Crippen molar-refractivity contribution in [3.8, 4) is 11.5 Å². The first-order chi connectivity index (χ1) is 14.1. The van der Waals surface area contributed by atoms with Gasteiger partial charge in [-0.2, -0.15) is 0 Å². The summed E-state index contributed by atoms with van der Waals surface area (Å²) < 4.78 is 49.9. The highest BCUT2D eigenvalue weighted by atomic mass is 32.2. The Bertz CT molecular complexity index is 979. The second-order valence-electron chi connectivity index (χ2n) is 6.80. The molecule has 2 rings (SSSR count). The Labute approximate surface area is 176 Å². The molecule has 0 spiro atoms. The Kier molecular flexibility index (Phi) is 7.66. The Balaban J connectivity index is 2.35. The number of nitrogens with one attached hydrogen (secondary N) is 1. The number of carbonyl (C=O) groups is 1. The van der Waals surface area contributed by atoms with Crippen LogP contribution in [0.5, 0.6) is 11.5 Å². The summed E-state index contributed by atoms with van der Waals surface area (Å²) in [6.07, 6.45) is 1.24. The third-order valence-corrected chi connectivity index (χ3v) is 5.85. The van der Waals surface area contributed by atoms with Gasteiger partial charge in [0.05, 0.1) is 32.2 Å². The van der Waals surface area contributed by atoms with Crippen LogP contribution in [0.1, 0.15) is 31.9 Å². The van der Waals surface area contributed by atoms with Crippen molar-refractivity contribution in [2.75, 3.05) is 24.8 Å². The second kappa shape index (κ2) is 9.80. The molecule has 7 nitrogen and oxygen atoms in total. The molecule has 0 aliphatic heterocycles. The number of halogens is 1. The van der Waals surface area contributed by atoms with Gasteiger partial charge in [-0.25, -0.2) is 12.8 Å². The van der Waals surface area contributed by atoms with Gasteiger partial charge in [0, 0.05) is 5.56 Å². The predicted molar refractivity (Wildman–Crippen MR) is 114 cm³/mol. The minimum atomic E-state index is -3.81. The van der Waals surface area contributed by atoms with Crippen molar-refractivity contribution in [3.05, 3.63) is 53.8 Å². The number of anilines is 1. The van der Waals surface area contributed by atoms with E-state index < -0.39 is 33.8 Å². The maximum Gasteiger partial charge on any atom is 0.244 e. The minimum absolute atomic E-state index is 0.215. The normalized spacial score (nSPS) is 13.3. The maximum atomic E-state index is 13.3. The topological polar surface area (TPSA) is 84.9 Å². The lowest BCUT2D eigenvalue weighted by molar-refractivity contribution is -0.122. The zero-order valence-electron chi connectivity index (χ0n) is 17.7. The number of rotatable bonds is 9. The first kappa shape index (κ1) is 23.5. The van der Waals surface area contributed by atoms with Crippen LogP contribution >= 0.6 is 0 Å². The number of benzene rings is 2. The van der Waals surface area contributed by atoms with Gasteiger partial charge in [0.15, 0.2) is 0 Å². The summed E-state index contributed by atoms with van der Waals surface area (Å²) in [7, 11) is -0.747. The maximum absolute atomic E-state index is 13.3. The molecule has 0 aromatic heterocycles. The second-order valence-corrected chi connectivity index (χ2v) is 8.66. The van der Waals surface area contributed by atoms with Gasteiger partial charge in [-0.15, -0.1) is 0 Å². The first-order valence-corrected chi connectivity index (χ1v) is 11.2. The molecule has 0 unspecified atom stereocenters. The molecule has 0 fully saturated rings. The molecule has 2 aromatic rings. The van der Waals surface area contributed by atoms with Crippen LogP contribution in [-0.2, 0) is 14.8 Å². The average molecular weight is 439 g/mol. The van der Waals surface area contributed by atoms with Crippen molar-refractivity contribution in [3.63, 3.8) is 0 Å². The van der Waals surface area contributed by atoms with Crippen molar-refractivity contribution in [1.29, 1.82) is 0 Å². The van der Waals surface area contributed by atoms with Gasteiger partial charge in [0.25, 0.3) is 0 Å². The van der Waals surface area contributed by atoms with Crippen LogP contribution in [-0.4, -0.2) is 40.8 Å². The lowest BCUT2D eigenvalue weighted by Gasteiger charge is -2.31. The number of hydrogen-bond acceptors (Lipinski definition) is 5. The number of nitrogens with zero attached hydrogens (tertiary/aromatic N) is 1. The monoisotopic (exact) mass is 438 g/mol. The summed E-state index contributed by atoms with van der Waals surface area (Å²) in [6, 6.07) is 8.71. The summed E-state index contributed by atoms with van der Waals surface area (Å²) in [5, 5.41) is 2.85. The highest BCUT2D eigenvalue weighted by Gasteiger charge is 2.32. The molecule has 1 N–H and O–H groups in total. The van der Waals surface area contributed by atoms with Gasteiger partial charge in [0.2, 0.25) is 15.9 Å². The van der Waals surface area contributed by atoms with E-state index in [0.717, 1.165) is 22.7 Å². The number of ether oxygens (including phenoxy) is 2. The summed E-state index contributed by atoms with van der Waals surface area (Å²) in [4.78, 5) is 13.1. The van der Waals surface area contributed by atoms with E-state index in [-0.39, 0.29) is 12.1 Å². The molecular weight excluding hydrogens is 411 g/mol. The fourth-order valence-corrected chi connectivity index (χ4v) is 4.43. The van der Waals surface area contributed by atoms with Crippen molar-refractivity contribution < 1.29 is 27.1 Å². The van der Waals surface area contributed by atoms with Crippen LogP contribution in [0.2, 0.25) is 0 Å². The molecular formula is C21H27FN2O5S. The molecule has 0 saturated carbocycles. The SMILES string of the molecule is CC[C@@H](C(=O)N[C@H](C)c1cc(OC)ccc1OC)N(c1ccc(F)cc1)S(C)(=O)=O. The molecule has 0 radical (unpaired) electrons. The summed E-state index contributed by atoms with van der Waals surface area (Å²) in [6.45, 7) is 3.48. The predicted octanol–water partition coefficient (Wildman–Crippen LogP) is 3.26. The van der Waals surface area contributed by atoms with Crippen molar-refractivity contribution >= 4 is 21.6 Å². The fourth-order valence-electron chi connectivity index (χ4n) is 3.21. The van der Waals surface area contributed by atoms with E-state index >= 15 is 0 Å². The molecule has 1 amide bonds. The molecule has 0 aliphatic carbocycles. The highest BCUT2D eigenvalue weighted by Crippen LogP contribution is 2.30. The van der Waals surface area contributed by atoms with Gasteiger partial charge in [-0.1, -0.05) is 6.92 Å². The molecule has 0 heterocycles. The average Bonchev–Trinajstić information content (AvgIpc) is 2.71. The van der Waals surface area contributed by atoms with E-state index in [1.54, 1.807) is 32.0 Å². The molecule has 164 valence electrons. The molecule has 0 bridgehead atoms. The van der Waals surface area contributed by atoms with Gasteiger partial charge in [-0.3, -0.25) is 9.10 Å². The quantitative estimate of drug-likeness (QED) is 0.650. The largest absolute Gasteiger partial charge is 0.497 e. The molecule has 0 saturated heterocycles. The third kappa shape index (κ3) is 5.41. The lowest BCUT2D eigenvalue weighted by atomic mass is 10.1. The van der Waals surface area contributed by atoms with E-state index in [9.17, 15) is 17.6 Å².